The van der Waals surface area contributed by atoms with Crippen molar-refractivity contribution >= 4 is 11.9 Å². The molecule has 0 radical (unpaired) electrons. The average molecular weight is 372 g/mol. The number of carbonyl (C=O) groups excluding carboxylic acids is 1. The van der Waals surface area contributed by atoms with Crippen LogP contribution in [0.4, 0.5) is 0 Å². The highest BCUT2D eigenvalue weighted by atomic mass is 16.5. The van der Waals surface area contributed by atoms with Gasteiger partial charge in [-0.25, -0.2) is 4.79 Å². The van der Waals surface area contributed by atoms with E-state index in [1.165, 1.54) is 4.90 Å². The number of benzene rings is 1. The van der Waals surface area contributed by atoms with Gasteiger partial charge >= 0.3 is 5.97 Å². The summed E-state index contributed by atoms with van der Waals surface area (Å²) in [5.74, 6) is 0.554. The summed E-state index contributed by atoms with van der Waals surface area (Å²) in [6.07, 6.45) is 3.24. The van der Waals surface area contributed by atoms with Crippen molar-refractivity contribution in [3.63, 3.8) is 0 Å². The molecule has 3 rings (SSSR count). The molecule has 2 heterocycles. The maximum atomic E-state index is 12.9. The molecule has 0 saturated carbocycles. The number of nitrogens with zero attached hydrogens (tertiary/aromatic N) is 4. The molecule has 1 aliphatic rings. The van der Waals surface area contributed by atoms with E-state index in [1.807, 2.05) is 0 Å². The molecule has 1 amide bonds. The zero-order valence-corrected chi connectivity index (χ0v) is 15.6. The van der Waals surface area contributed by atoms with Crippen LogP contribution in [0.1, 0.15) is 48.2 Å². The van der Waals surface area contributed by atoms with Gasteiger partial charge in [-0.15, -0.1) is 10.2 Å². The molecule has 1 aliphatic heterocycles. The molecular weight excluding hydrogens is 348 g/mol. The fourth-order valence-electron chi connectivity index (χ4n) is 3.14. The predicted molar refractivity (Wildman–Crippen MR) is 97.5 cm³/mol. The topological polar surface area (TPSA) is 97.5 Å². The van der Waals surface area contributed by atoms with E-state index >= 15 is 0 Å². The van der Waals surface area contributed by atoms with Crippen molar-refractivity contribution in [1.82, 2.24) is 19.7 Å². The number of aliphatic carboxylic acids is 1. The van der Waals surface area contributed by atoms with Crippen molar-refractivity contribution in [3.8, 4) is 5.75 Å². The number of ether oxygens (including phenoxy) is 1. The lowest BCUT2D eigenvalue weighted by molar-refractivity contribution is -0.143. The van der Waals surface area contributed by atoms with Crippen LogP contribution in [-0.2, 0) is 17.9 Å². The van der Waals surface area contributed by atoms with E-state index in [0.29, 0.717) is 29.6 Å². The van der Waals surface area contributed by atoms with E-state index in [2.05, 4.69) is 17.1 Å². The lowest BCUT2D eigenvalue weighted by Gasteiger charge is -2.33. The molecule has 1 unspecified atom stereocenters. The molecule has 144 valence electrons. The van der Waals surface area contributed by atoms with Crippen LogP contribution < -0.4 is 4.74 Å². The van der Waals surface area contributed by atoms with Gasteiger partial charge in [0, 0.05) is 5.56 Å². The van der Waals surface area contributed by atoms with E-state index in [9.17, 15) is 14.7 Å². The van der Waals surface area contributed by atoms with E-state index in [1.54, 1.807) is 35.8 Å². The van der Waals surface area contributed by atoms with Gasteiger partial charge in [0.1, 0.15) is 17.6 Å². The van der Waals surface area contributed by atoms with Gasteiger partial charge in [0.25, 0.3) is 5.91 Å². The van der Waals surface area contributed by atoms with Crippen molar-refractivity contribution in [2.24, 2.45) is 0 Å². The molecule has 8 nitrogen and oxygen atoms in total. The number of aromatic nitrogens is 3. The molecule has 2 aromatic rings. The van der Waals surface area contributed by atoms with Crippen LogP contribution in [0.25, 0.3) is 0 Å². The largest absolute Gasteiger partial charge is 0.494 e. The molecule has 1 aromatic carbocycles. The Morgan fingerprint density at radius 1 is 1.22 bits per heavy atom. The minimum absolute atomic E-state index is 0.117. The molecule has 27 heavy (non-hydrogen) atoms. The molecule has 1 N–H and O–H groups in total. The number of fused-ring (bicyclic) bond motifs is 1. The van der Waals surface area contributed by atoms with Gasteiger partial charge in [-0.3, -0.25) is 4.79 Å². The maximum absolute atomic E-state index is 12.9. The number of aryl methyl sites for hydroxylation is 1. The predicted octanol–water partition coefficient (Wildman–Crippen LogP) is 2.26. The fraction of sp³-hybridized carbons (Fsp3) is 0.474. The van der Waals surface area contributed by atoms with Crippen molar-refractivity contribution < 1.29 is 19.4 Å². The van der Waals surface area contributed by atoms with Crippen LogP contribution in [0.15, 0.2) is 24.3 Å². The van der Waals surface area contributed by atoms with Crippen molar-refractivity contribution in [2.75, 3.05) is 6.61 Å². The standard InChI is InChI=1S/C19H24N4O4/c1-3-4-5-10-27-15-8-6-14(7-9-15)18(24)23-12-17-21-20-13(2)22(17)11-16(23)19(25)26/h6-9,16H,3-5,10-12H2,1-2H3,(H,25,26). The van der Waals surface area contributed by atoms with E-state index in [-0.39, 0.29) is 19.0 Å². The van der Waals surface area contributed by atoms with Crippen LogP contribution >= 0.6 is 0 Å². The SMILES string of the molecule is CCCCCOc1ccc(C(=O)N2Cc3nnc(C)n3CC2C(=O)O)cc1. The molecule has 1 aromatic heterocycles. The number of hydrogen-bond donors (Lipinski definition) is 1. The highest BCUT2D eigenvalue weighted by Gasteiger charge is 2.36. The highest BCUT2D eigenvalue weighted by molar-refractivity contribution is 5.96. The van der Waals surface area contributed by atoms with Crippen LogP contribution in [0, 0.1) is 6.92 Å². The summed E-state index contributed by atoms with van der Waals surface area (Å²) in [6, 6.07) is 5.86. The van der Waals surface area contributed by atoms with Gasteiger partial charge in [0.15, 0.2) is 5.82 Å². The number of carboxylic acid groups (broad SMARTS) is 1. The minimum atomic E-state index is -1.04. The molecular formula is C19H24N4O4. The number of amides is 1. The lowest BCUT2D eigenvalue weighted by Crippen LogP contribution is -2.50. The third-order valence-electron chi connectivity index (χ3n) is 4.72. The summed E-state index contributed by atoms with van der Waals surface area (Å²) in [5.41, 5.74) is 0.423. The van der Waals surface area contributed by atoms with Crippen LogP contribution in [0.2, 0.25) is 0 Å². The van der Waals surface area contributed by atoms with Gasteiger partial charge in [-0.2, -0.15) is 0 Å². The summed E-state index contributed by atoms with van der Waals surface area (Å²) in [6.45, 7) is 4.81. The Morgan fingerprint density at radius 3 is 2.63 bits per heavy atom. The van der Waals surface area contributed by atoms with E-state index in [0.717, 1.165) is 19.3 Å². The van der Waals surface area contributed by atoms with Crippen molar-refractivity contribution in [3.05, 3.63) is 41.5 Å². The smallest absolute Gasteiger partial charge is 0.328 e. The zero-order valence-electron chi connectivity index (χ0n) is 15.6. The van der Waals surface area contributed by atoms with Crippen molar-refractivity contribution in [2.45, 2.75) is 52.2 Å². The number of carbonyl (C=O) groups is 2. The second-order valence-electron chi connectivity index (χ2n) is 6.64. The molecule has 8 heteroatoms. The third-order valence-corrected chi connectivity index (χ3v) is 4.72. The Labute approximate surface area is 157 Å². The van der Waals surface area contributed by atoms with E-state index < -0.39 is 12.0 Å². The number of carboxylic acids is 1. The van der Waals surface area contributed by atoms with Crippen LogP contribution in [-0.4, -0.2) is 49.3 Å². The minimum Gasteiger partial charge on any atom is -0.494 e. The number of rotatable bonds is 7. The van der Waals surface area contributed by atoms with Crippen LogP contribution in [0.3, 0.4) is 0 Å². The monoisotopic (exact) mass is 372 g/mol. The molecule has 0 aliphatic carbocycles. The summed E-state index contributed by atoms with van der Waals surface area (Å²) in [4.78, 5) is 25.9. The number of hydrogen-bond acceptors (Lipinski definition) is 5. The maximum Gasteiger partial charge on any atom is 0.328 e. The van der Waals surface area contributed by atoms with Gasteiger partial charge in [0.2, 0.25) is 0 Å². The first kappa shape index (κ1) is 18.9. The summed E-state index contributed by atoms with van der Waals surface area (Å²) in [7, 11) is 0. The summed E-state index contributed by atoms with van der Waals surface area (Å²) >= 11 is 0. The summed E-state index contributed by atoms with van der Waals surface area (Å²) < 4.78 is 7.40. The fourth-order valence-corrected chi connectivity index (χ4v) is 3.14. The molecule has 0 fully saturated rings. The number of unbranched alkanes of at least 4 members (excludes halogenated alkanes) is 2. The highest BCUT2D eigenvalue weighted by Crippen LogP contribution is 2.22. The van der Waals surface area contributed by atoms with Crippen molar-refractivity contribution in [1.29, 1.82) is 0 Å². The first-order chi connectivity index (χ1) is 13.0. The normalized spacial score (nSPS) is 16.1. The van der Waals surface area contributed by atoms with Crippen LogP contribution in [0.5, 0.6) is 5.75 Å². The quantitative estimate of drug-likeness (QED) is 0.749. The van der Waals surface area contributed by atoms with Gasteiger partial charge in [0.05, 0.1) is 19.7 Å². The average Bonchev–Trinajstić information content (AvgIpc) is 3.04. The Morgan fingerprint density at radius 2 is 1.96 bits per heavy atom. The van der Waals surface area contributed by atoms with E-state index in [4.69, 9.17) is 4.74 Å². The molecule has 0 saturated heterocycles. The Bertz CT molecular complexity index is 816. The Kier molecular flexibility index (Phi) is 5.73. The summed E-state index contributed by atoms with van der Waals surface area (Å²) in [5, 5.41) is 17.6. The zero-order chi connectivity index (χ0) is 19.4. The first-order valence-corrected chi connectivity index (χ1v) is 9.16. The lowest BCUT2D eigenvalue weighted by atomic mass is 10.1. The molecule has 1 atom stereocenters. The molecule has 0 bridgehead atoms. The first-order valence-electron chi connectivity index (χ1n) is 9.16. The molecule has 0 spiro atoms. The van der Waals surface area contributed by atoms with Gasteiger partial charge < -0.3 is 19.3 Å². The third kappa shape index (κ3) is 4.10. The Balaban J connectivity index is 1.73. The second kappa shape index (κ2) is 8.20. The second-order valence-corrected chi connectivity index (χ2v) is 6.64. The van der Waals surface area contributed by atoms with Gasteiger partial charge in [-0.1, -0.05) is 19.8 Å². The van der Waals surface area contributed by atoms with Gasteiger partial charge in [-0.05, 0) is 37.6 Å². The Hall–Kier alpha value is -2.90.